The van der Waals surface area contributed by atoms with Crippen molar-refractivity contribution in [2.45, 2.75) is 46.3 Å². The maximum Gasteiger partial charge on any atom is 0.408 e. The van der Waals surface area contributed by atoms with Crippen molar-refractivity contribution in [1.29, 1.82) is 0 Å². The first-order valence-corrected chi connectivity index (χ1v) is 10.7. The van der Waals surface area contributed by atoms with Gasteiger partial charge in [0.25, 0.3) is 0 Å². The Labute approximate surface area is 191 Å². The van der Waals surface area contributed by atoms with Crippen LogP contribution in [0.1, 0.15) is 45.2 Å². The van der Waals surface area contributed by atoms with E-state index in [4.69, 9.17) is 20.9 Å². The van der Waals surface area contributed by atoms with E-state index in [1.807, 2.05) is 80.8 Å². The smallest absolute Gasteiger partial charge is 0.408 e. The van der Waals surface area contributed by atoms with Gasteiger partial charge in [-0.15, -0.1) is 0 Å². The molecule has 1 amide bonds. The van der Waals surface area contributed by atoms with Crippen molar-refractivity contribution in [2.24, 2.45) is 0 Å². The number of nitrogens with one attached hydrogen (secondary N) is 1. The van der Waals surface area contributed by atoms with Crippen LogP contribution in [-0.2, 0) is 4.74 Å². The first kappa shape index (κ1) is 21.9. The zero-order valence-electron chi connectivity index (χ0n) is 18.6. The summed E-state index contributed by atoms with van der Waals surface area (Å²) in [5, 5.41) is 8.41. The summed E-state index contributed by atoms with van der Waals surface area (Å²) in [5.41, 5.74) is 2.88. The highest BCUT2D eigenvalue weighted by Gasteiger charge is 2.23. The van der Waals surface area contributed by atoms with E-state index in [2.05, 4.69) is 15.5 Å². The number of ether oxygens (including phenoxy) is 1. The van der Waals surface area contributed by atoms with Crippen molar-refractivity contribution in [3.05, 3.63) is 65.0 Å². The van der Waals surface area contributed by atoms with E-state index in [-0.39, 0.29) is 6.04 Å². The van der Waals surface area contributed by atoms with Gasteiger partial charge in [-0.2, -0.15) is 4.98 Å². The summed E-state index contributed by atoms with van der Waals surface area (Å²) in [6, 6.07) is 15.5. The molecular formula is C24H25ClN4O3. The number of hydrogen-bond donors (Lipinski definition) is 1. The molecule has 7 nitrogen and oxygen atoms in total. The minimum absolute atomic E-state index is 0.219. The van der Waals surface area contributed by atoms with Gasteiger partial charge in [0, 0.05) is 18.0 Å². The third kappa shape index (κ3) is 4.34. The minimum atomic E-state index is -0.549. The number of para-hydroxylation sites is 1. The number of aromatic nitrogens is 3. The zero-order chi connectivity index (χ0) is 23.0. The summed E-state index contributed by atoms with van der Waals surface area (Å²) in [4.78, 5) is 16.5. The summed E-state index contributed by atoms with van der Waals surface area (Å²) in [7, 11) is 0. The molecule has 2 aromatic heterocycles. The normalized spacial score (nSPS) is 12.7. The van der Waals surface area contributed by atoms with Crippen LogP contribution in [0.25, 0.3) is 28.1 Å². The van der Waals surface area contributed by atoms with Gasteiger partial charge in [0.1, 0.15) is 11.3 Å². The van der Waals surface area contributed by atoms with Crippen molar-refractivity contribution >= 4 is 28.6 Å². The van der Waals surface area contributed by atoms with Crippen LogP contribution < -0.4 is 5.32 Å². The van der Waals surface area contributed by atoms with Crippen LogP contribution in [0.15, 0.2) is 53.1 Å². The summed E-state index contributed by atoms with van der Waals surface area (Å²) in [6.07, 6.45) is -0.452. The van der Waals surface area contributed by atoms with E-state index in [1.54, 1.807) is 6.92 Å². The highest BCUT2D eigenvalue weighted by Crippen LogP contribution is 2.38. The Kier molecular flexibility index (Phi) is 5.69. The average Bonchev–Trinajstić information content (AvgIpc) is 3.27. The van der Waals surface area contributed by atoms with Gasteiger partial charge in [-0.05, 0) is 51.5 Å². The molecule has 2 aromatic carbocycles. The molecule has 0 fully saturated rings. The van der Waals surface area contributed by atoms with E-state index < -0.39 is 11.7 Å². The fourth-order valence-corrected chi connectivity index (χ4v) is 3.87. The van der Waals surface area contributed by atoms with Crippen molar-refractivity contribution < 1.29 is 14.1 Å². The second-order valence-electron chi connectivity index (χ2n) is 8.61. The maximum atomic E-state index is 12.1. The first-order chi connectivity index (χ1) is 15.1. The molecule has 0 spiro atoms. The van der Waals surface area contributed by atoms with Gasteiger partial charge >= 0.3 is 6.09 Å². The molecule has 32 heavy (non-hydrogen) atoms. The molecule has 0 aliphatic heterocycles. The highest BCUT2D eigenvalue weighted by atomic mass is 35.5. The van der Waals surface area contributed by atoms with Crippen molar-refractivity contribution in [1.82, 2.24) is 20.0 Å². The highest BCUT2D eigenvalue weighted by molar-refractivity contribution is 6.38. The van der Waals surface area contributed by atoms with Gasteiger partial charge in [0.2, 0.25) is 11.7 Å². The SMILES string of the molecule is Cc1nc(-c2c(Cl)c3ccccc3n2-c2ccc([C@@H](C)NC(=O)OC(C)(C)C)cc2)no1. The molecule has 2 heterocycles. The Morgan fingerprint density at radius 1 is 1.16 bits per heavy atom. The monoisotopic (exact) mass is 452 g/mol. The largest absolute Gasteiger partial charge is 0.444 e. The van der Waals surface area contributed by atoms with Crippen LogP contribution in [0.5, 0.6) is 0 Å². The lowest BCUT2D eigenvalue weighted by molar-refractivity contribution is 0.0508. The summed E-state index contributed by atoms with van der Waals surface area (Å²) in [5.74, 6) is 0.887. The number of alkyl carbamates (subject to hydrolysis) is 1. The summed E-state index contributed by atoms with van der Waals surface area (Å²) < 4.78 is 12.6. The molecule has 166 valence electrons. The number of amides is 1. The standard InChI is InChI=1S/C24H25ClN4O3/c1-14(26-23(30)31-24(3,4)5)16-10-12-17(13-11-16)29-19-9-7-6-8-18(19)20(25)21(29)22-27-15(2)32-28-22/h6-14H,1-5H3,(H,26,30)/t14-/m1/s1. The lowest BCUT2D eigenvalue weighted by atomic mass is 10.1. The number of rotatable bonds is 4. The molecule has 0 saturated heterocycles. The molecule has 4 rings (SSSR count). The quantitative estimate of drug-likeness (QED) is 0.397. The van der Waals surface area contributed by atoms with Crippen LogP contribution in [0.4, 0.5) is 4.79 Å². The zero-order valence-corrected chi connectivity index (χ0v) is 19.4. The van der Waals surface area contributed by atoms with Gasteiger partial charge in [0.05, 0.1) is 16.6 Å². The topological polar surface area (TPSA) is 82.2 Å². The van der Waals surface area contributed by atoms with E-state index in [0.717, 1.165) is 22.2 Å². The number of nitrogens with zero attached hydrogens (tertiary/aromatic N) is 3. The van der Waals surface area contributed by atoms with Gasteiger partial charge in [0.15, 0.2) is 0 Å². The molecule has 0 aliphatic rings. The second-order valence-corrected chi connectivity index (χ2v) is 8.99. The molecule has 8 heteroatoms. The molecule has 0 unspecified atom stereocenters. The average molecular weight is 453 g/mol. The van der Waals surface area contributed by atoms with Crippen molar-refractivity contribution in [3.8, 4) is 17.2 Å². The Morgan fingerprint density at radius 3 is 2.47 bits per heavy atom. The van der Waals surface area contributed by atoms with Gasteiger partial charge < -0.3 is 19.1 Å². The first-order valence-electron chi connectivity index (χ1n) is 10.3. The predicted molar refractivity (Wildman–Crippen MR) is 124 cm³/mol. The Morgan fingerprint density at radius 2 is 1.84 bits per heavy atom. The molecule has 0 radical (unpaired) electrons. The van der Waals surface area contributed by atoms with Crippen LogP contribution in [0.3, 0.4) is 0 Å². The second kappa shape index (κ2) is 8.31. The number of carbonyl (C=O) groups excluding carboxylic acids is 1. The maximum absolute atomic E-state index is 12.1. The van der Waals surface area contributed by atoms with Gasteiger partial charge in [-0.3, -0.25) is 0 Å². The Bertz CT molecular complexity index is 1270. The number of carbonyl (C=O) groups is 1. The van der Waals surface area contributed by atoms with Gasteiger partial charge in [-0.1, -0.05) is 47.1 Å². The number of benzene rings is 2. The summed E-state index contributed by atoms with van der Waals surface area (Å²) >= 11 is 6.74. The Hall–Kier alpha value is -3.32. The van der Waals surface area contributed by atoms with E-state index in [1.165, 1.54) is 0 Å². The molecule has 0 aliphatic carbocycles. The molecule has 0 saturated carbocycles. The number of hydrogen-bond acceptors (Lipinski definition) is 5. The number of halogens is 1. The third-order valence-electron chi connectivity index (χ3n) is 4.94. The van der Waals surface area contributed by atoms with Crippen molar-refractivity contribution in [2.75, 3.05) is 0 Å². The fraction of sp³-hybridized carbons (Fsp3) is 0.292. The van der Waals surface area contributed by atoms with E-state index in [0.29, 0.717) is 22.4 Å². The van der Waals surface area contributed by atoms with Crippen LogP contribution in [-0.4, -0.2) is 26.4 Å². The summed E-state index contributed by atoms with van der Waals surface area (Å²) in [6.45, 7) is 9.16. The molecule has 4 aromatic rings. The van der Waals surface area contributed by atoms with Crippen LogP contribution >= 0.6 is 11.6 Å². The fourth-order valence-electron chi connectivity index (χ4n) is 3.54. The molecule has 1 N–H and O–H groups in total. The Balaban J connectivity index is 1.70. The van der Waals surface area contributed by atoms with Crippen LogP contribution in [0, 0.1) is 6.92 Å². The van der Waals surface area contributed by atoms with Crippen molar-refractivity contribution in [3.63, 3.8) is 0 Å². The number of aryl methyl sites for hydroxylation is 1. The molecular weight excluding hydrogens is 428 g/mol. The molecule has 0 bridgehead atoms. The minimum Gasteiger partial charge on any atom is -0.444 e. The van der Waals surface area contributed by atoms with Gasteiger partial charge in [-0.25, -0.2) is 4.79 Å². The lowest BCUT2D eigenvalue weighted by Gasteiger charge is -2.22. The van der Waals surface area contributed by atoms with E-state index in [9.17, 15) is 4.79 Å². The predicted octanol–water partition coefficient (Wildman–Crippen LogP) is 6.23. The van der Waals surface area contributed by atoms with E-state index >= 15 is 0 Å². The van der Waals surface area contributed by atoms with Crippen LogP contribution in [0.2, 0.25) is 5.02 Å². The third-order valence-corrected chi connectivity index (χ3v) is 5.32. The number of fused-ring (bicyclic) bond motifs is 1. The molecule has 1 atom stereocenters. The lowest BCUT2D eigenvalue weighted by Crippen LogP contribution is -2.34.